The number of halogens is 6. The molecular weight excluding hydrogens is 827 g/mol. The third-order valence-electron chi connectivity index (χ3n) is 7.60. The van der Waals surface area contributed by atoms with Crippen LogP contribution in [0.25, 0.3) is 0 Å². The van der Waals surface area contributed by atoms with Gasteiger partial charge in [0, 0.05) is 17.0 Å². The zero-order valence-electron chi connectivity index (χ0n) is 29.8. The van der Waals surface area contributed by atoms with Crippen LogP contribution in [0.1, 0.15) is 56.8 Å². The summed E-state index contributed by atoms with van der Waals surface area (Å²) in [5.74, 6) is -2.96. The number of carbonyl (C=O) groups excluding carboxylic acids is 2. The summed E-state index contributed by atoms with van der Waals surface area (Å²) in [5, 5.41) is 22.9. The summed E-state index contributed by atoms with van der Waals surface area (Å²) in [6, 6.07) is 11.2. The molecule has 0 radical (unpaired) electrons. The van der Waals surface area contributed by atoms with Gasteiger partial charge in [-0.1, -0.05) is 37.7 Å². The van der Waals surface area contributed by atoms with Gasteiger partial charge in [0.2, 0.25) is 9.84 Å². The fourth-order valence-electron chi connectivity index (χ4n) is 4.97. The number of nitro benzene ring substituents is 2. The molecule has 0 unspecified atom stereocenters. The van der Waals surface area contributed by atoms with Gasteiger partial charge in [-0.05, 0) is 72.5 Å². The number of guanidine groups is 2. The molecule has 0 atom stereocenters. The minimum atomic E-state index is -4.82. The van der Waals surface area contributed by atoms with Crippen molar-refractivity contribution in [2.45, 2.75) is 58.6 Å². The molecule has 24 heteroatoms. The number of nitro groups is 2. The fourth-order valence-corrected chi connectivity index (χ4v) is 7.50. The van der Waals surface area contributed by atoms with E-state index in [0.717, 1.165) is 48.2 Å². The number of nitrogens with two attached hydrogens (primary N) is 4. The van der Waals surface area contributed by atoms with Crippen LogP contribution < -0.4 is 22.9 Å². The van der Waals surface area contributed by atoms with Crippen molar-refractivity contribution in [3.8, 4) is 0 Å². The van der Waals surface area contributed by atoms with E-state index in [9.17, 15) is 64.6 Å². The number of aliphatic imine (C=N–C) groups is 2. The molecule has 0 aliphatic heterocycles. The lowest BCUT2D eigenvalue weighted by Crippen LogP contribution is -2.24. The molecule has 0 saturated heterocycles. The molecule has 0 aromatic heterocycles. The van der Waals surface area contributed by atoms with Crippen molar-refractivity contribution in [2.75, 3.05) is 0 Å². The van der Waals surface area contributed by atoms with Crippen LogP contribution in [0.3, 0.4) is 0 Å². The maximum Gasteiger partial charge on any atom is 0.416 e. The summed E-state index contributed by atoms with van der Waals surface area (Å²) in [6.45, 7) is 3.25. The predicted molar refractivity (Wildman–Crippen MR) is 198 cm³/mol. The summed E-state index contributed by atoms with van der Waals surface area (Å²) in [6.07, 6.45) is -8.96. The molecule has 4 rings (SSSR count). The highest BCUT2D eigenvalue weighted by Crippen LogP contribution is 2.40. The second-order valence-electron chi connectivity index (χ2n) is 11.5. The molecule has 4 aromatic rings. The van der Waals surface area contributed by atoms with E-state index in [2.05, 4.69) is 9.98 Å². The Bertz CT molecular complexity index is 2450. The number of alkyl halides is 6. The fraction of sp³-hybridized carbons (Fsp3) is 0.176. The Morgan fingerprint density at radius 2 is 1.14 bits per heavy atom. The number of carbonyl (C=O) groups is 2. The number of aryl methyl sites for hydroxylation is 2. The zero-order chi connectivity index (χ0) is 43.9. The molecule has 0 aliphatic carbocycles. The van der Waals surface area contributed by atoms with E-state index in [1.54, 1.807) is 6.92 Å². The second-order valence-corrected chi connectivity index (χ2v) is 14.5. The van der Waals surface area contributed by atoms with Crippen molar-refractivity contribution < 1.29 is 54.2 Å². The van der Waals surface area contributed by atoms with Gasteiger partial charge in [-0.2, -0.15) is 36.3 Å². The van der Waals surface area contributed by atoms with Crippen molar-refractivity contribution in [1.29, 1.82) is 0 Å². The smallest absolute Gasteiger partial charge is 0.370 e. The Morgan fingerprint density at radius 3 is 1.59 bits per heavy atom. The molecule has 2 amide bonds. The van der Waals surface area contributed by atoms with Crippen LogP contribution >= 0.6 is 11.8 Å². The maximum atomic E-state index is 13.0. The Kier molecular flexibility index (Phi) is 14.3. The van der Waals surface area contributed by atoms with Gasteiger partial charge in [-0.15, -0.1) is 0 Å². The van der Waals surface area contributed by atoms with Crippen LogP contribution in [0.5, 0.6) is 0 Å². The molecule has 308 valence electrons. The number of sulfone groups is 1. The van der Waals surface area contributed by atoms with Gasteiger partial charge in [-0.25, -0.2) is 8.42 Å². The average molecular weight is 857 g/mol. The van der Waals surface area contributed by atoms with Gasteiger partial charge in [0.25, 0.3) is 23.2 Å². The lowest BCUT2D eigenvalue weighted by atomic mass is 10.0. The summed E-state index contributed by atoms with van der Waals surface area (Å²) in [5.41, 5.74) is 17.2. The van der Waals surface area contributed by atoms with Gasteiger partial charge in [0.1, 0.15) is 4.90 Å². The van der Waals surface area contributed by atoms with Crippen molar-refractivity contribution in [1.82, 2.24) is 0 Å². The van der Waals surface area contributed by atoms with Gasteiger partial charge in [0.15, 0.2) is 11.9 Å². The third kappa shape index (κ3) is 11.3. The molecule has 8 N–H and O–H groups in total. The van der Waals surface area contributed by atoms with Crippen molar-refractivity contribution in [2.24, 2.45) is 32.9 Å². The van der Waals surface area contributed by atoms with Crippen LogP contribution in [0, 0.1) is 20.2 Å². The lowest BCUT2D eigenvalue weighted by Gasteiger charge is -2.12. The van der Waals surface area contributed by atoms with E-state index >= 15 is 0 Å². The van der Waals surface area contributed by atoms with Crippen molar-refractivity contribution in [3.63, 3.8) is 0 Å². The van der Waals surface area contributed by atoms with Gasteiger partial charge in [0.05, 0.1) is 41.9 Å². The molecule has 0 saturated carbocycles. The van der Waals surface area contributed by atoms with Crippen LogP contribution in [0.4, 0.5) is 37.7 Å². The summed E-state index contributed by atoms with van der Waals surface area (Å²) < 4.78 is 103. The summed E-state index contributed by atoms with van der Waals surface area (Å²) in [7, 11) is -4.73. The SMILES string of the molecule is CCc1cc(S(=O)(=O)c2cccc(C(F)(F)F)c2)c([N+](=O)[O-])cc1C(=O)N=C(N)N.CCc1cc(Sc2cccc(C(F)(F)F)c2)c([N+](=O)[O-])cc1C(=O)N=C(N)N. The van der Waals surface area contributed by atoms with Crippen LogP contribution in [0.15, 0.2) is 102 Å². The van der Waals surface area contributed by atoms with Gasteiger partial charge < -0.3 is 22.9 Å². The minimum Gasteiger partial charge on any atom is -0.370 e. The van der Waals surface area contributed by atoms with Crippen LogP contribution in [-0.4, -0.2) is 42.0 Å². The monoisotopic (exact) mass is 856 g/mol. The summed E-state index contributed by atoms with van der Waals surface area (Å²) >= 11 is 0.799. The molecule has 0 heterocycles. The average Bonchev–Trinajstić information content (AvgIpc) is 3.13. The molecule has 0 fully saturated rings. The van der Waals surface area contributed by atoms with Gasteiger partial charge >= 0.3 is 12.4 Å². The quantitative estimate of drug-likeness (QED) is 0.0457. The lowest BCUT2D eigenvalue weighted by molar-refractivity contribution is -0.388. The largest absolute Gasteiger partial charge is 0.416 e. The highest BCUT2D eigenvalue weighted by molar-refractivity contribution is 7.99. The first kappa shape index (κ1) is 45.8. The Hall–Kier alpha value is -6.56. The highest BCUT2D eigenvalue weighted by Gasteiger charge is 2.35. The minimum absolute atomic E-state index is 0.0454. The number of hydrogen-bond donors (Lipinski definition) is 4. The first-order valence-electron chi connectivity index (χ1n) is 16.0. The standard InChI is InChI=1S/C17H15F3N4O5S.C17H15F3N4O3S/c1-2-9-6-14(13(24(26)27)8-12(9)15(25)23-16(21)22)30(28,29)11-5-3-4-10(7-11)17(18,19)20;1-2-9-6-14(28-11-5-3-4-10(7-11)17(18,19)20)13(24(26)27)8-12(9)15(25)23-16(21)22/h3-8H,2H2,1H3,(H4,21,22,23,25);3-8H,2H2,1H3,(H4,21,22,23,25). The topological polar surface area (TPSA) is 283 Å². The van der Waals surface area contributed by atoms with Crippen LogP contribution in [0.2, 0.25) is 0 Å². The highest BCUT2D eigenvalue weighted by atomic mass is 32.2. The second kappa shape index (κ2) is 18.1. The molecule has 0 aliphatic rings. The van der Waals surface area contributed by atoms with Crippen molar-refractivity contribution in [3.05, 3.63) is 126 Å². The van der Waals surface area contributed by atoms with Gasteiger partial charge in [-0.3, -0.25) is 29.8 Å². The normalized spacial score (nSPS) is 11.4. The number of hydrogen-bond acceptors (Lipinski definition) is 9. The molecule has 4 aromatic carbocycles. The Balaban J connectivity index is 0.000000311. The van der Waals surface area contributed by atoms with Crippen LogP contribution in [-0.2, 0) is 35.0 Å². The van der Waals surface area contributed by atoms with E-state index in [-0.39, 0.29) is 32.9 Å². The first-order valence-corrected chi connectivity index (χ1v) is 18.3. The molecular formula is C34H30F6N8O8S2. The van der Waals surface area contributed by atoms with E-state index in [1.807, 2.05) is 0 Å². The number of benzene rings is 4. The van der Waals surface area contributed by atoms with E-state index in [1.165, 1.54) is 25.1 Å². The zero-order valence-corrected chi connectivity index (χ0v) is 31.4. The van der Waals surface area contributed by atoms with Crippen molar-refractivity contribution >= 4 is 56.7 Å². The molecule has 0 spiro atoms. The first-order chi connectivity index (χ1) is 26.8. The number of amides is 2. The van der Waals surface area contributed by atoms with E-state index in [4.69, 9.17) is 22.9 Å². The number of nitrogens with zero attached hydrogens (tertiary/aromatic N) is 4. The maximum absolute atomic E-state index is 13.0. The van der Waals surface area contributed by atoms with E-state index in [0.29, 0.717) is 30.2 Å². The Labute approximate surface area is 328 Å². The Morgan fingerprint density at radius 1 is 0.690 bits per heavy atom. The predicted octanol–water partition coefficient (Wildman–Crippen LogP) is 6.16. The molecule has 58 heavy (non-hydrogen) atoms. The van der Waals surface area contributed by atoms with E-state index < -0.39 is 88.1 Å². The molecule has 0 bridgehead atoms. The molecule has 16 nitrogen and oxygen atoms in total. The number of rotatable bonds is 10. The summed E-state index contributed by atoms with van der Waals surface area (Å²) in [4.78, 5) is 50.7. The third-order valence-corrected chi connectivity index (χ3v) is 10.4.